The molecule has 0 bridgehead atoms. The highest BCUT2D eigenvalue weighted by molar-refractivity contribution is 7.90. The summed E-state index contributed by atoms with van der Waals surface area (Å²) in [6.07, 6.45) is 6.32. The number of nitrogens with one attached hydrogen (secondary N) is 2. The Bertz CT molecular complexity index is 1260. The van der Waals surface area contributed by atoms with Crippen LogP contribution in [0.25, 0.3) is 0 Å². The number of carbonyl (C=O) groups excluding carboxylic acids is 1. The number of aryl methyl sites for hydroxylation is 2. The lowest BCUT2D eigenvalue weighted by Gasteiger charge is -2.43. The number of nitrogens with zero attached hydrogens (tertiary/aromatic N) is 1. The van der Waals surface area contributed by atoms with Crippen LogP contribution in [-0.4, -0.2) is 53.4 Å². The molecule has 1 atom stereocenters. The van der Waals surface area contributed by atoms with Gasteiger partial charge in [0.1, 0.15) is 15.9 Å². The van der Waals surface area contributed by atoms with Crippen LogP contribution < -0.4 is 10.6 Å². The Hall–Kier alpha value is -2.85. The van der Waals surface area contributed by atoms with Crippen LogP contribution in [0.5, 0.6) is 0 Å². The summed E-state index contributed by atoms with van der Waals surface area (Å²) < 4.78 is 22.8. The highest BCUT2D eigenvalue weighted by atomic mass is 32.2. The average Bonchev–Trinajstić information content (AvgIpc) is 2.77. The molecule has 0 radical (unpaired) electrons. The van der Waals surface area contributed by atoms with Crippen molar-refractivity contribution in [1.82, 2.24) is 10.3 Å². The summed E-state index contributed by atoms with van der Waals surface area (Å²) in [6, 6.07) is 9.73. The standard InChI is InChI=1S/C27H35N3O5S2/c1-18-7-12-22(19(2)28-18)24(31)29-21-10-8-20(9-11-21)17-23(25(32)33)30-26(36)27(14-6-15-27)13-4-5-16-37(3,34)35/h7-12,23H,4-6,13-17H2,1-3H3,(H,29,31)(H,30,36)(H,32,33). The van der Waals surface area contributed by atoms with Gasteiger partial charge in [-0.3, -0.25) is 9.78 Å². The first-order valence-corrected chi connectivity index (χ1v) is 14.9. The van der Waals surface area contributed by atoms with E-state index in [2.05, 4.69) is 15.6 Å². The number of pyridine rings is 1. The number of unbranched alkanes of at least 4 members (excludes halogenated alkanes) is 1. The Labute approximate surface area is 224 Å². The van der Waals surface area contributed by atoms with E-state index in [1.165, 1.54) is 6.26 Å². The van der Waals surface area contributed by atoms with E-state index in [4.69, 9.17) is 12.2 Å². The van der Waals surface area contributed by atoms with Gasteiger partial charge in [0.15, 0.2) is 0 Å². The fourth-order valence-corrected chi connectivity index (χ4v) is 5.79. The van der Waals surface area contributed by atoms with Crippen LogP contribution >= 0.6 is 12.2 Å². The SMILES string of the molecule is Cc1ccc(C(=O)Nc2ccc(CC(NC(=S)C3(CCCCS(C)(=O)=O)CCC3)C(=O)O)cc2)c(C)n1. The van der Waals surface area contributed by atoms with Crippen LogP contribution in [0.1, 0.15) is 65.8 Å². The number of carboxylic acid groups (broad SMARTS) is 1. The first-order valence-electron chi connectivity index (χ1n) is 12.4. The fraction of sp³-hybridized carbons (Fsp3) is 0.481. The molecule has 8 nitrogen and oxygen atoms in total. The van der Waals surface area contributed by atoms with Gasteiger partial charge < -0.3 is 15.7 Å². The van der Waals surface area contributed by atoms with Gasteiger partial charge in [0.25, 0.3) is 5.91 Å². The third kappa shape index (κ3) is 8.07. The number of hydrogen-bond donors (Lipinski definition) is 3. The predicted octanol–water partition coefficient (Wildman–Crippen LogP) is 4.25. The minimum Gasteiger partial charge on any atom is -0.480 e. The fourth-order valence-electron chi connectivity index (χ4n) is 4.62. The number of sulfone groups is 1. The van der Waals surface area contributed by atoms with Crippen LogP contribution in [0.15, 0.2) is 36.4 Å². The molecule has 0 spiro atoms. The maximum absolute atomic E-state index is 12.6. The average molecular weight is 546 g/mol. The summed E-state index contributed by atoms with van der Waals surface area (Å²) in [7, 11) is -3.00. The van der Waals surface area contributed by atoms with Gasteiger partial charge in [0, 0.05) is 35.2 Å². The summed E-state index contributed by atoms with van der Waals surface area (Å²) in [4.78, 5) is 29.5. The minimum atomic E-state index is -3.00. The Morgan fingerprint density at radius 1 is 1.11 bits per heavy atom. The van der Waals surface area contributed by atoms with Crippen molar-refractivity contribution in [2.24, 2.45) is 5.41 Å². The van der Waals surface area contributed by atoms with Gasteiger partial charge in [-0.05, 0) is 69.4 Å². The van der Waals surface area contributed by atoms with E-state index in [9.17, 15) is 23.1 Å². The molecule has 0 aliphatic heterocycles. The molecule has 1 aromatic heterocycles. The highest BCUT2D eigenvalue weighted by Gasteiger charge is 2.41. The summed E-state index contributed by atoms with van der Waals surface area (Å²) in [6.45, 7) is 3.66. The molecule has 1 fully saturated rings. The van der Waals surface area contributed by atoms with E-state index in [-0.39, 0.29) is 23.5 Å². The Balaban J connectivity index is 1.58. The number of amides is 1. The second-order valence-corrected chi connectivity index (χ2v) is 12.7. The first kappa shape index (κ1) is 28.7. The van der Waals surface area contributed by atoms with Gasteiger partial charge in [-0.1, -0.05) is 37.2 Å². The highest BCUT2D eigenvalue weighted by Crippen LogP contribution is 2.46. The molecule has 1 aliphatic rings. The third-order valence-corrected chi connectivity index (χ3v) is 8.52. The predicted molar refractivity (Wildman–Crippen MR) is 149 cm³/mol. The van der Waals surface area contributed by atoms with Gasteiger partial charge in [0.2, 0.25) is 0 Å². The number of benzene rings is 1. The quantitative estimate of drug-likeness (QED) is 0.267. The van der Waals surface area contributed by atoms with Gasteiger partial charge in [-0.15, -0.1) is 0 Å². The number of thiocarbonyl (C=S) groups is 1. The van der Waals surface area contributed by atoms with Crippen molar-refractivity contribution in [1.29, 1.82) is 0 Å². The van der Waals surface area contributed by atoms with Gasteiger partial charge >= 0.3 is 5.97 Å². The van der Waals surface area contributed by atoms with E-state index in [0.29, 0.717) is 28.4 Å². The van der Waals surface area contributed by atoms with Crippen LogP contribution in [0.2, 0.25) is 0 Å². The number of hydrogen-bond acceptors (Lipinski definition) is 6. The number of aromatic nitrogens is 1. The largest absolute Gasteiger partial charge is 0.480 e. The summed E-state index contributed by atoms with van der Waals surface area (Å²) in [5.41, 5.74) is 3.14. The molecule has 3 N–H and O–H groups in total. The summed E-state index contributed by atoms with van der Waals surface area (Å²) in [5, 5.41) is 15.8. The molecule has 3 rings (SSSR count). The van der Waals surface area contributed by atoms with Gasteiger partial charge in [0.05, 0.1) is 16.2 Å². The van der Waals surface area contributed by atoms with Crippen LogP contribution in [0.4, 0.5) is 5.69 Å². The smallest absolute Gasteiger partial charge is 0.326 e. The molecule has 0 saturated heterocycles. The van der Waals surface area contributed by atoms with Crippen molar-refractivity contribution in [2.45, 2.75) is 64.8 Å². The number of carbonyl (C=O) groups is 2. The van der Waals surface area contributed by atoms with Crippen LogP contribution in [0.3, 0.4) is 0 Å². The summed E-state index contributed by atoms with van der Waals surface area (Å²) >= 11 is 5.66. The zero-order chi connectivity index (χ0) is 27.2. The van der Waals surface area contributed by atoms with E-state index >= 15 is 0 Å². The van der Waals surface area contributed by atoms with Crippen molar-refractivity contribution in [3.05, 3.63) is 58.9 Å². The summed E-state index contributed by atoms with van der Waals surface area (Å²) in [5.74, 6) is -1.09. The van der Waals surface area contributed by atoms with Crippen molar-refractivity contribution >= 4 is 44.6 Å². The molecule has 1 aliphatic carbocycles. The van der Waals surface area contributed by atoms with Gasteiger partial charge in [-0.2, -0.15) is 0 Å². The van der Waals surface area contributed by atoms with E-state index < -0.39 is 21.8 Å². The lowest BCUT2D eigenvalue weighted by atomic mass is 9.65. The Morgan fingerprint density at radius 3 is 2.32 bits per heavy atom. The molecular weight excluding hydrogens is 510 g/mol. The Kier molecular flexibility index (Phi) is 9.41. The maximum Gasteiger partial charge on any atom is 0.326 e. The Morgan fingerprint density at radius 2 is 1.78 bits per heavy atom. The number of anilines is 1. The normalized spacial score (nSPS) is 15.3. The molecule has 2 aromatic rings. The van der Waals surface area contributed by atoms with E-state index in [0.717, 1.165) is 43.4 Å². The number of aliphatic carboxylic acids is 1. The second-order valence-electron chi connectivity index (χ2n) is 10.0. The second kappa shape index (κ2) is 12.1. The number of rotatable bonds is 12. The zero-order valence-electron chi connectivity index (χ0n) is 21.5. The molecule has 1 heterocycles. The zero-order valence-corrected chi connectivity index (χ0v) is 23.2. The van der Waals surface area contributed by atoms with Crippen molar-refractivity contribution < 1.29 is 23.1 Å². The molecule has 1 unspecified atom stereocenters. The van der Waals surface area contributed by atoms with E-state index in [1.807, 2.05) is 6.92 Å². The van der Waals surface area contributed by atoms with Crippen LogP contribution in [-0.2, 0) is 21.1 Å². The molecule has 1 aromatic carbocycles. The topological polar surface area (TPSA) is 125 Å². The molecule has 1 amide bonds. The lowest BCUT2D eigenvalue weighted by Crippen LogP contribution is -2.51. The van der Waals surface area contributed by atoms with E-state index in [1.54, 1.807) is 43.3 Å². The molecular formula is C27H35N3O5S2. The monoisotopic (exact) mass is 545 g/mol. The van der Waals surface area contributed by atoms with Crippen molar-refractivity contribution in [3.8, 4) is 0 Å². The first-order chi connectivity index (χ1) is 17.4. The van der Waals surface area contributed by atoms with Crippen molar-refractivity contribution in [2.75, 3.05) is 17.3 Å². The van der Waals surface area contributed by atoms with Gasteiger partial charge in [-0.25, -0.2) is 13.2 Å². The lowest BCUT2D eigenvalue weighted by molar-refractivity contribution is -0.139. The molecule has 1 saturated carbocycles. The molecule has 10 heteroatoms. The number of carboxylic acids is 1. The maximum atomic E-state index is 12.6. The molecule has 37 heavy (non-hydrogen) atoms. The molecule has 200 valence electrons. The van der Waals surface area contributed by atoms with Crippen LogP contribution in [0, 0.1) is 19.3 Å². The van der Waals surface area contributed by atoms with Crippen molar-refractivity contribution in [3.63, 3.8) is 0 Å². The minimum absolute atomic E-state index is 0.152. The third-order valence-electron chi connectivity index (χ3n) is 6.94.